The smallest absolute Gasteiger partial charge is 0.269 e. The van der Waals surface area contributed by atoms with Crippen LogP contribution in [0.5, 0.6) is 5.75 Å². The molecule has 0 spiro atoms. The third-order valence-corrected chi connectivity index (χ3v) is 4.19. The van der Waals surface area contributed by atoms with Crippen molar-refractivity contribution in [3.05, 3.63) is 78.3 Å². The van der Waals surface area contributed by atoms with Crippen molar-refractivity contribution in [3.8, 4) is 28.5 Å². The maximum Gasteiger partial charge on any atom is 0.269 e. The van der Waals surface area contributed by atoms with Crippen LogP contribution in [-0.4, -0.2) is 28.2 Å². The van der Waals surface area contributed by atoms with E-state index in [-0.39, 0.29) is 12.5 Å². The van der Waals surface area contributed by atoms with Crippen LogP contribution in [0, 0.1) is 0 Å². The van der Waals surface area contributed by atoms with Crippen molar-refractivity contribution in [2.45, 2.75) is 6.54 Å². The summed E-state index contributed by atoms with van der Waals surface area (Å²) in [6, 6.07) is 18.8. The third kappa shape index (κ3) is 3.78. The summed E-state index contributed by atoms with van der Waals surface area (Å²) in [5.41, 5.74) is 3.41. The first-order chi connectivity index (χ1) is 13.7. The van der Waals surface area contributed by atoms with E-state index in [1.807, 2.05) is 54.6 Å². The Morgan fingerprint density at radius 3 is 2.75 bits per heavy atom. The van der Waals surface area contributed by atoms with Crippen molar-refractivity contribution in [1.29, 1.82) is 0 Å². The molecule has 0 aliphatic heterocycles. The zero-order valence-corrected chi connectivity index (χ0v) is 15.2. The molecule has 0 aliphatic rings. The number of H-pyrrole nitrogens is 1. The Balaban J connectivity index is 1.41. The highest BCUT2D eigenvalue weighted by molar-refractivity contribution is 5.93. The topological polar surface area (TPSA) is 93.0 Å². The average molecular weight is 374 g/mol. The second kappa shape index (κ2) is 7.79. The summed E-state index contributed by atoms with van der Waals surface area (Å²) >= 11 is 0. The Labute approximate surface area is 161 Å². The Hall–Kier alpha value is -3.87. The zero-order valence-electron chi connectivity index (χ0n) is 15.2. The second-order valence-electron chi connectivity index (χ2n) is 6.09. The predicted octanol–water partition coefficient (Wildman–Crippen LogP) is 3.67. The molecule has 0 saturated carbocycles. The van der Waals surface area contributed by atoms with E-state index < -0.39 is 0 Å². The van der Waals surface area contributed by atoms with E-state index in [4.69, 9.17) is 9.15 Å². The third-order valence-electron chi connectivity index (χ3n) is 4.19. The second-order valence-corrected chi connectivity index (χ2v) is 6.09. The number of nitrogens with one attached hydrogen (secondary N) is 2. The van der Waals surface area contributed by atoms with Gasteiger partial charge in [-0.1, -0.05) is 30.3 Å². The fourth-order valence-electron chi connectivity index (χ4n) is 2.74. The number of benzene rings is 2. The Morgan fingerprint density at radius 2 is 1.93 bits per heavy atom. The molecule has 7 heteroatoms. The van der Waals surface area contributed by atoms with Crippen molar-refractivity contribution in [2.75, 3.05) is 7.11 Å². The van der Waals surface area contributed by atoms with Crippen LogP contribution >= 0.6 is 0 Å². The lowest BCUT2D eigenvalue weighted by Crippen LogP contribution is -2.23. The number of carbonyl (C=O) groups excluding carboxylic acids is 1. The fourth-order valence-corrected chi connectivity index (χ4v) is 2.74. The van der Waals surface area contributed by atoms with E-state index >= 15 is 0 Å². The summed E-state index contributed by atoms with van der Waals surface area (Å²) in [7, 11) is 1.61. The molecular formula is C21H18N4O3. The molecule has 2 heterocycles. The normalized spacial score (nSPS) is 10.6. The summed E-state index contributed by atoms with van der Waals surface area (Å²) in [6.45, 7) is 0.253. The number of oxazole rings is 1. The molecule has 0 saturated heterocycles. The lowest BCUT2D eigenvalue weighted by atomic mass is 10.1. The highest BCUT2D eigenvalue weighted by Gasteiger charge is 2.13. The summed E-state index contributed by atoms with van der Waals surface area (Å²) in [6.07, 6.45) is 1.54. The van der Waals surface area contributed by atoms with Crippen molar-refractivity contribution >= 4 is 5.91 Å². The molecule has 2 N–H and O–H groups in total. The van der Waals surface area contributed by atoms with E-state index in [9.17, 15) is 4.79 Å². The van der Waals surface area contributed by atoms with Gasteiger partial charge in [0, 0.05) is 11.1 Å². The monoisotopic (exact) mass is 374 g/mol. The number of ether oxygens (including phenoxy) is 1. The highest BCUT2D eigenvalue weighted by atomic mass is 16.5. The molecular weight excluding hydrogens is 356 g/mol. The van der Waals surface area contributed by atoms with Crippen LogP contribution in [0.25, 0.3) is 22.7 Å². The first-order valence-corrected chi connectivity index (χ1v) is 8.71. The van der Waals surface area contributed by atoms with Crippen molar-refractivity contribution in [1.82, 2.24) is 20.5 Å². The molecule has 4 aromatic rings. The molecule has 140 valence electrons. The Bertz CT molecular complexity index is 1090. The molecule has 0 radical (unpaired) electrons. The number of aromatic amines is 1. The zero-order chi connectivity index (χ0) is 19.3. The average Bonchev–Trinajstić information content (AvgIpc) is 3.43. The lowest BCUT2D eigenvalue weighted by molar-refractivity contribution is 0.0945. The number of aromatic nitrogens is 3. The first-order valence-electron chi connectivity index (χ1n) is 8.71. The van der Waals surface area contributed by atoms with Crippen LogP contribution in [-0.2, 0) is 6.54 Å². The maximum absolute atomic E-state index is 12.4. The first kappa shape index (κ1) is 17.5. The maximum atomic E-state index is 12.4. The van der Waals surface area contributed by atoms with Gasteiger partial charge >= 0.3 is 0 Å². The van der Waals surface area contributed by atoms with Gasteiger partial charge in [0.05, 0.1) is 25.0 Å². The van der Waals surface area contributed by atoms with Gasteiger partial charge in [-0.25, -0.2) is 4.98 Å². The fraction of sp³-hybridized carbons (Fsp3) is 0.0952. The predicted molar refractivity (Wildman–Crippen MR) is 104 cm³/mol. The van der Waals surface area contributed by atoms with E-state index in [0.717, 1.165) is 16.9 Å². The minimum atomic E-state index is -0.272. The summed E-state index contributed by atoms with van der Waals surface area (Å²) in [4.78, 5) is 16.8. The van der Waals surface area contributed by atoms with Gasteiger partial charge in [-0.15, -0.1) is 0 Å². The molecule has 0 fully saturated rings. The minimum absolute atomic E-state index is 0.253. The van der Waals surface area contributed by atoms with Gasteiger partial charge < -0.3 is 14.5 Å². The number of methoxy groups -OCH3 is 1. The lowest BCUT2D eigenvalue weighted by Gasteiger charge is -2.01. The van der Waals surface area contributed by atoms with Gasteiger partial charge in [-0.2, -0.15) is 5.10 Å². The quantitative estimate of drug-likeness (QED) is 0.537. The largest absolute Gasteiger partial charge is 0.497 e. The van der Waals surface area contributed by atoms with Gasteiger partial charge in [0.1, 0.15) is 17.7 Å². The molecule has 1 amide bonds. The van der Waals surface area contributed by atoms with Crippen molar-refractivity contribution < 1.29 is 13.9 Å². The minimum Gasteiger partial charge on any atom is -0.497 e. The standard InChI is InChI=1S/C21H18N4O3/c1-27-17-9-5-8-15(10-17)18-11-19(25-24-18)20(26)22-12-16-13-28-21(23-16)14-6-3-2-4-7-14/h2-11,13H,12H2,1H3,(H,22,26)(H,24,25). The van der Waals surface area contributed by atoms with Gasteiger partial charge in [0.15, 0.2) is 0 Å². The number of hydrogen-bond donors (Lipinski definition) is 2. The van der Waals surface area contributed by atoms with Gasteiger partial charge in [-0.05, 0) is 30.3 Å². The van der Waals surface area contributed by atoms with Gasteiger partial charge in [0.25, 0.3) is 5.91 Å². The number of amides is 1. The molecule has 7 nitrogen and oxygen atoms in total. The van der Waals surface area contributed by atoms with E-state index in [1.165, 1.54) is 6.26 Å². The summed E-state index contributed by atoms with van der Waals surface area (Å²) < 4.78 is 10.7. The molecule has 0 atom stereocenters. The molecule has 2 aromatic heterocycles. The van der Waals surface area contributed by atoms with Crippen LogP contribution in [0.1, 0.15) is 16.2 Å². The number of rotatable bonds is 6. The molecule has 0 aliphatic carbocycles. The Morgan fingerprint density at radius 1 is 1.11 bits per heavy atom. The highest BCUT2D eigenvalue weighted by Crippen LogP contribution is 2.22. The molecule has 28 heavy (non-hydrogen) atoms. The van der Waals surface area contributed by atoms with E-state index in [2.05, 4.69) is 20.5 Å². The van der Waals surface area contributed by atoms with Crippen LogP contribution < -0.4 is 10.1 Å². The van der Waals surface area contributed by atoms with Crippen LogP contribution in [0.3, 0.4) is 0 Å². The molecule has 0 bridgehead atoms. The Kier molecular flexibility index (Phi) is 4.88. The van der Waals surface area contributed by atoms with Crippen molar-refractivity contribution in [3.63, 3.8) is 0 Å². The number of nitrogens with zero attached hydrogens (tertiary/aromatic N) is 2. The van der Waals surface area contributed by atoms with Crippen LogP contribution in [0.2, 0.25) is 0 Å². The SMILES string of the molecule is COc1cccc(-c2cc(C(=O)NCc3coc(-c4ccccc4)n3)[nH]n2)c1. The van der Waals surface area contributed by atoms with E-state index in [0.29, 0.717) is 23.0 Å². The van der Waals surface area contributed by atoms with Crippen molar-refractivity contribution in [2.24, 2.45) is 0 Å². The summed E-state index contributed by atoms with van der Waals surface area (Å²) in [5, 5.41) is 9.78. The summed E-state index contributed by atoms with van der Waals surface area (Å²) in [5.74, 6) is 0.976. The van der Waals surface area contributed by atoms with Gasteiger partial charge in [-0.3, -0.25) is 9.89 Å². The van der Waals surface area contributed by atoms with Crippen LogP contribution in [0.15, 0.2) is 71.3 Å². The molecule has 2 aromatic carbocycles. The van der Waals surface area contributed by atoms with Crippen LogP contribution in [0.4, 0.5) is 0 Å². The number of hydrogen-bond acceptors (Lipinski definition) is 5. The number of carbonyl (C=O) groups is 1. The molecule has 4 rings (SSSR count). The van der Waals surface area contributed by atoms with Gasteiger partial charge in [0.2, 0.25) is 5.89 Å². The molecule has 0 unspecified atom stereocenters. The van der Waals surface area contributed by atoms with E-state index in [1.54, 1.807) is 13.2 Å².